The first-order valence-electron chi connectivity index (χ1n) is 6.48. The van der Waals surface area contributed by atoms with Gasteiger partial charge in [-0.25, -0.2) is 4.39 Å². The average Bonchev–Trinajstić information content (AvgIpc) is 2.46. The number of thioether (sulfide) groups is 1. The summed E-state index contributed by atoms with van der Waals surface area (Å²) in [7, 11) is 0. The zero-order chi connectivity index (χ0) is 14.5. The van der Waals surface area contributed by atoms with E-state index < -0.39 is 0 Å². The van der Waals surface area contributed by atoms with Crippen molar-refractivity contribution in [3.63, 3.8) is 0 Å². The van der Waals surface area contributed by atoms with Gasteiger partial charge in [0.05, 0.1) is 6.04 Å². The van der Waals surface area contributed by atoms with Crippen LogP contribution in [0.4, 0.5) is 4.39 Å². The molecule has 1 atom stereocenters. The highest BCUT2D eigenvalue weighted by Crippen LogP contribution is 2.27. The van der Waals surface area contributed by atoms with Gasteiger partial charge in [-0.05, 0) is 42.6 Å². The standard InChI is InChI=1S/C16H17ClFNS/c1-3-19-16(11-4-7-13(20-2)8-5-11)14-9-6-12(17)10-15(14)18/h4-10,16,19H,3H2,1-2H3. The van der Waals surface area contributed by atoms with E-state index in [-0.39, 0.29) is 11.9 Å². The van der Waals surface area contributed by atoms with Crippen molar-refractivity contribution < 1.29 is 4.39 Å². The molecular formula is C16H17ClFNS. The van der Waals surface area contributed by atoms with Crippen LogP contribution in [-0.2, 0) is 0 Å². The van der Waals surface area contributed by atoms with Gasteiger partial charge in [-0.1, -0.05) is 36.7 Å². The van der Waals surface area contributed by atoms with Crippen molar-refractivity contribution in [1.82, 2.24) is 5.32 Å². The Bertz CT molecular complexity index is 571. The molecule has 0 saturated heterocycles. The minimum atomic E-state index is -0.280. The fourth-order valence-corrected chi connectivity index (χ4v) is 2.71. The van der Waals surface area contributed by atoms with Crippen LogP contribution in [0.5, 0.6) is 0 Å². The fraction of sp³-hybridized carbons (Fsp3) is 0.250. The highest BCUT2D eigenvalue weighted by atomic mass is 35.5. The molecule has 4 heteroatoms. The van der Waals surface area contributed by atoms with Gasteiger partial charge < -0.3 is 5.32 Å². The summed E-state index contributed by atoms with van der Waals surface area (Å²) in [5, 5.41) is 3.74. The van der Waals surface area contributed by atoms with Gasteiger partial charge in [0, 0.05) is 15.5 Å². The lowest BCUT2D eigenvalue weighted by Crippen LogP contribution is -2.23. The van der Waals surface area contributed by atoms with Gasteiger partial charge in [-0.3, -0.25) is 0 Å². The molecule has 0 aliphatic rings. The quantitative estimate of drug-likeness (QED) is 0.788. The number of hydrogen-bond donors (Lipinski definition) is 1. The average molecular weight is 310 g/mol. The first-order chi connectivity index (χ1) is 9.65. The van der Waals surface area contributed by atoms with Crippen LogP contribution in [0.15, 0.2) is 47.4 Å². The van der Waals surface area contributed by atoms with Crippen LogP contribution in [0.3, 0.4) is 0 Å². The van der Waals surface area contributed by atoms with E-state index in [9.17, 15) is 4.39 Å². The van der Waals surface area contributed by atoms with E-state index in [1.54, 1.807) is 23.9 Å². The van der Waals surface area contributed by atoms with Crippen molar-refractivity contribution in [1.29, 1.82) is 0 Å². The molecule has 0 fully saturated rings. The van der Waals surface area contributed by atoms with Gasteiger partial charge in [0.1, 0.15) is 5.82 Å². The van der Waals surface area contributed by atoms with E-state index in [2.05, 4.69) is 17.4 Å². The minimum absolute atomic E-state index is 0.159. The number of hydrogen-bond acceptors (Lipinski definition) is 2. The second kappa shape index (κ2) is 7.11. The number of halogens is 2. The molecule has 1 N–H and O–H groups in total. The van der Waals surface area contributed by atoms with Crippen molar-refractivity contribution in [3.8, 4) is 0 Å². The normalized spacial score (nSPS) is 12.4. The maximum absolute atomic E-state index is 14.1. The van der Waals surface area contributed by atoms with Crippen LogP contribution in [0.1, 0.15) is 24.1 Å². The third kappa shape index (κ3) is 3.54. The molecule has 0 radical (unpaired) electrons. The van der Waals surface area contributed by atoms with Gasteiger partial charge >= 0.3 is 0 Å². The summed E-state index contributed by atoms with van der Waals surface area (Å²) >= 11 is 7.51. The third-order valence-corrected chi connectivity index (χ3v) is 4.11. The largest absolute Gasteiger partial charge is 0.306 e. The second-order valence-electron chi connectivity index (χ2n) is 4.43. The predicted molar refractivity (Wildman–Crippen MR) is 85.2 cm³/mol. The third-order valence-electron chi connectivity index (χ3n) is 3.13. The Hall–Kier alpha value is -1.03. The molecule has 2 rings (SSSR count). The SMILES string of the molecule is CCNC(c1ccc(SC)cc1)c1ccc(Cl)cc1F. The van der Waals surface area contributed by atoms with Gasteiger partial charge in [-0.2, -0.15) is 0 Å². The Balaban J connectivity index is 2.38. The molecule has 0 aliphatic heterocycles. The minimum Gasteiger partial charge on any atom is -0.306 e. The van der Waals surface area contributed by atoms with Crippen LogP contribution in [0, 0.1) is 5.82 Å². The van der Waals surface area contributed by atoms with Crippen LogP contribution in [0.25, 0.3) is 0 Å². The lowest BCUT2D eigenvalue weighted by Gasteiger charge is -2.20. The van der Waals surface area contributed by atoms with Crippen molar-refractivity contribution >= 4 is 23.4 Å². The molecule has 20 heavy (non-hydrogen) atoms. The molecule has 0 spiro atoms. The highest BCUT2D eigenvalue weighted by molar-refractivity contribution is 7.98. The molecule has 0 heterocycles. The Labute approximate surface area is 128 Å². The van der Waals surface area contributed by atoms with E-state index in [0.717, 1.165) is 12.1 Å². The van der Waals surface area contributed by atoms with E-state index in [1.807, 2.05) is 25.3 Å². The van der Waals surface area contributed by atoms with Crippen LogP contribution >= 0.6 is 23.4 Å². The summed E-state index contributed by atoms with van der Waals surface area (Å²) < 4.78 is 14.1. The fourth-order valence-electron chi connectivity index (χ4n) is 2.14. The van der Waals surface area contributed by atoms with Crippen LogP contribution < -0.4 is 5.32 Å². The topological polar surface area (TPSA) is 12.0 Å². The zero-order valence-electron chi connectivity index (χ0n) is 11.5. The van der Waals surface area contributed by atoms with Gasteiger partial charge in [0.25, 0.3) is 0 Å². The monoisotopic (exact) mass is 309 g/mol. The molecule has 2 aromatic carbocycles. The van der Waals surface area contributed by atoms with E-state index in [0.29, 0.717) is 10.6 Å². The maximum Gasteiger partial charge on any atom is 0.129 e. The summed E-state index contributed by atoms with van der Waals surface area (Å²) in [6.07, 6.45) is 2.04. The summed E-state index contributed by atoms with van der Waals surface area (Å²) in [5.41, 5.74) is 1.67. The molecule has 0 saturated carbocycles. The van der Waals surface area contributed by atoms with Gasteiger partial charge in [-0.15, -0.1) is 11.8 Å². The van der Waals surface area contributed by atoms with Crippen molar-refractivity contribution in [3.05, 3.63) is 64.4 Å². The first-order valence-corrected chi connectivity index (χ1v) is 8.08. The lowest BCUT2D eigenvalue weighted by atomic mass is 9.98. The Morgan fingerprint density at radius 3 is 2.45 bits per heavy atom. The summed E-state index contributed by atoms with van der Waals surface area (Å²) in [6, 6.07) is 12.8. The van der Waals surface area contributed by atoms with Crippen molar-refractivity contribution in [2.24, 2.45) is 0 Å². The number of nitrogens with one attached hydrogen (secondary N) is 1. The second-order valence-corrected chi connectivity index (χ2v) is 5.75. The molecule has 2 aromatic rings. The molecule has 0 bridgehead atoms. The molecule has 1 nitrogen and oxygen atoms in total. The zero-order valence-corrected chi connectivity index (χ0v) is 13.1. The van der Waals surface area contributed by atoms with Crippen LogP contribution in [-0.4, -0.2) is 12.8 Å². The predicted octanol–water partition coefficient (Wildman–Crippen LogP) is 4.90. The summed E-state index contributed by atoms with van der Waals surface area (Å²) in [5.74, 6) is -0.280. The smallest absolute Gasteiger partial charge is 0.129 e. The Morgan fingerprint density at radius 1 is 1.20 bits per heavy atom. The highest BCUT2D eigenvalue weighted by Gasteiger charge is 2.17. The van der Waals surface area contributed by atoms with Crippen molar-refractivity contribution in [2.75, 3.05) is 12.8 Å². The van der Waals surface area contributed by atoms with Gasteiger partial charge in [0.15, 0.2) is 0 Å². The maximum atomic E-state index is 14.1. The molecule has 0 amide bonds. The summed E-state index contributed by atoms with van der Waals surface area (Å²) in [6.45, 7) is 2.77. The molecule has 0 aromatic heterocycles. The molecule has 106 valence electrons. The summed E-state index contributed by atoms with van der Waals surface area (Å²) in [4.78, 5) is 1.19. The molecular weight excluding hydrogens is 293 g/mol. The number of benzene rings is 2. The molecule has 1 unspecified atom stereocenters. The first kappa shape index (κ1) is 15.4. The van der Waals surface area contributed by atoms with E-state index >= 15 is 0 Å². The van der Waals surface area contributed by atoms with Crippen LogP contribution in [0.2, 0.25) is 5.02 Å². The van der Waals surface area contributed by atoms with Crippen molar-refractivity contribution in [2.45, 2.75) is 17.9 Å². The Morgan fingerprint density at radius 2 is 1.90 bits per heavy atom. The van der Waals surface area contributed by atoms with Gasteiger partial charge in [0.2, 0.25) is 0 Å². The van der Waals surface area contributed by atoms with E-state index in [1.165, 1.54) is 11.0 Å². The Kier molecular flexibility index (Phi) is 5.46. The lowest BCUT2D eigenvalue weighted by molar-refractivity contribution is 0.559. The molecule has 0 aliphatic carbocycles. The number of rotatable bonds is 5. The van der Waals surface area contributed by atoms with E-state index in [4.69, 9.17) is 11.6 Å².